The number of rotatable bonds is 7. The molecule has 0 aromatic carbocycles. The predicted octanol–water partition coefficient (Wildman–Crippen LogP) is 3.20. The molecule has 24 heavy (non-hydrogen) atoms. The van der Waals surface area contributed by atoms with Gasteiger partial charge < -0.3 is 9.84 Å². The maximum Gasteiger partial charge on any atom is 0.251 e. The molecule has 1 aromatic heterocycles. The number of amides is 1. The number of anilines is 1. The first kappa shape index (κ1) is 18.2. The van der Waals surface area contributed by atoms with Crippen LogP contribution in [0, 0.1) is 5.92 Å². The van der Waals surface area contributed by atoms with Crippen LogP contribution in [-0.4, -0.2) is 36.3 Å². The second kappa shape index (κ2) is 9.23. The highest BCUT2D eigenvalue weighted by Gasteiger charge is 2.16. The van der Waals surface area contributed by atoms with Crippen molar-refractivity contribution in [2.24, 2.45) is 5.92 Å². The molecule has 130 valence electrons. The van der Waals surface area contributed by atoms with Gasteiger partial charge in [0.15, 0.2) is 0 Å². The van der Waals surface area contributed by atoms with Gasteiger partial charge in [-0.1, -0.05) is 38.0 Å². The fraction of sp³-hybridized carbons (Fsp3) is 0.474. The van der Waals surface area contributed by atoms with E-state index in [1.807, 2.05) is 6.07 Å². The molecular formula is C19H26N2O3. The van der Waals surface area contributed by atoms with Crippen LogP contribution in [0.5, 0.6) is 5.75 Å². The van der Waals surface area contributed by atoms with Crippen LogP contribution >= 0.6 is 0 Å². The third kappa shape index (κ3) is 4.68. The first-order chi connectivity index (χ1) is 11.7. The van der Waals surface area contributed by atoms with E-state index in [0.29, 0.717) is 17.5 Å². The second-order valence-corrected chi connectivity index (χ2v) is 5.96. The topological polar surface area (TPSA) is 62.7 Å². The number of hydrogen-bond acceptors (Lipinski definition) is 4. The van der Waals surface area contributed by atoms with E-state index in [4.69, 9.17) is 4.74 Å². The van der Waals surface area contributed by atoms with E-state index in [0.717, 1.165) is 5.56 Å². The van der Waals surface area contributed by atoms with Crippen LogP contribution in [-0.2, 0) is 4.79 Å². The van der Waals surface area contributed by atoms with E-state index in [-0.39, 0.29) is 19.1 Å². The number of carbonyl (C=O) groups excluding carboxylic acids is 1. The van der Waals surface area contributed by atoms with E-state index in [2.05, 4.69) is 23.7 Å². The quantitative estimate of drug-likeness (QED) is 0.780. The summed E-state index contributed by atoms with van der Waals surface area (Å²) < 4.78 is 5.38. The fourth-order valence-electron chi connectivity index (χ4n) is 3.01. The van der Waals surface area contributed by atoms with Crippen molar-refractivity contribution >= 4 is 17.8 Å². The molecule has 1 amide bonds. The number of aromatic nitrogens is 1. The Kier molecular flexibility index (Phi) is 7.00. The molecule has 5 heteroatoms. The Bertz CT molecular complexity index is 592. The summed E-state index contributed by atoms with van der Waals surface area (Å²) in [6.07, 6.45) is 13.5. The van der Waals surface area contributed by atoms with Crippen LogP contribution in [0.3, 0.4) is 0 Å². The van der Waals surface area contributed by atoms with Gasteiger partial charge in [0.05, 0.1) is 26.5 Å². The first-order valence-electron chi connectivity index (χ1n) is 8.46. The zero-order valence-corrected chi connectivity index (χ0v) is 14.3. The molecule has 1 aliphatic rings. The van der Waals surface area contributed by atoms with E-state index in [9.17, 15) is 9.90 Å². The fourth-order valence-corrected chi connectivity index (χ4v) is 3.01. The minimum atomic E-state index is -0.288. The standard InChI is InChI=1S/C19H26N2O3/c1-3-19(23)21(11-12-22)18-13-16(17(24-2)14-20-18)10-9-15-7-5-4-6-8-15/h3,9-10,13-15,22H,1,4-8,11-12H2,2H3/b10-9+. The number of hydrogen-bond donors (Lipinski definition) is 1. The molecule has 0 aliphatic heterocycles. The van der Waals surface area contributed by atoms with Crippen LogP contribution < -0.4 is 9.64 Å². The third-order valence-corrected chi connectivity index (χ3v) is 4.34. The highest BCUT2D eigenvalue weighted by Crippen LogP contribution is 2.28. The van der Waals surface area contributed by atoms with E-state index in [1.165, 1.54) is 43.1 Å². The molecule has 1 fully saturated rings. The van der Waals surface area contributed by atoms with Crippen LogP contribution in [0.25, 0.3) is 6.08 Å². The van der Waals surface area contributed by atoms with Crippen molar-refractivity contribution in [3.05, 3.63) is 36.6 Å². The summed E-state index contributed by atoms with van der Waals surface area (Å²) in [7, 11) is 1.61. The van der Waals surface area contributed by atoms with Gasteiger partial charge in [-0.15, -0.1) is 0 Å². The molecule has 0 spiro atoms. The summed E-state index contributed by atoms with van der Waals surface area (Å²) in [5.74, 6) is 1.46. The Balaban J connectivity index is 2.26. The lowest BCUT2D eigenvalue weighted by molar-refractivity contribution is -0.114. The van der Waals surface area contributed by atoms with E-state index < -0.39 is 0 Å². The zero-order chi connectivity index (χ0) is 17.4. The predicted molar refractivity (Wildman–Crippen MR) is 96.0 cm³/mol. The van der Waals surface area contributed by atoms with E-state index in [1.54, 1.807) is 13.3 Å². The smallest absolute Gasteiger partial charge is 0.251 e. The van der Waals surface area contributed by atoms with Gasteiger partial charge in [-0.05, 0) is 30.9 Å². The van der Waals surface area contributed by atoms with Gasteiger partial charge in [0.2, 0.25) is 0 Å². The third-order valence-electron chi connectivity index (χ3n) is 4.34. The van der Waals surface area contributed by atoms with Gasteiger partial charge in [0, 0.05) is 5.56 Å². The van der Waals surface area contributed by atoms with Crippen molar-refractivity contribution in [3.63, 3.8) is 0 Å². The highest BCUT2D eigenvalue weighted by atomic mass is 16.5. The zero-order valence-electron chi connectivity index (χ0n) is 14.3. The van der Waals surface area contributed by atoms with Crippen molar-refractivity contribution in [1.29, 1.82) is 0 Å². The van der Waals surface area contributed by atoms with Crippen molar-refractivity contribution in [1.82, 2.24) is 4.98 Å². The van der Waals surface area contributed by atoms with Gasteiger partial charge in [-0.3, -0.25) is 9.69 Å². The Morgan fingerprint density at radius 2 is 2.21 bits per heavy atom. The van der Waals surface area contributed by atoms with Gasteiger partial charge in [-0.2, -0.15) is 0 Å². The Labute approximate surface area is 143 Å². The highest BCUT2D eigenvalue weighted by molar-refractivity contribution is 6.00. The lowest BCUT2D eigenvalue weighted by atomic mass is 9.89. The second-order valence-electron chi connectivity index (χ2n) is 5.96. The number of carbonyl (C=O) groups is 1. The molecular weight excluding hydrogens is 304 g/mol. The largest absolute Gasteiger partial charge is 0.495 e. The Morgan fingerprint density at radius 1 is 1.46 bits per heavy atom. The number of aliphatic hydroxyl groups is 1. The maximum absolute atomic E-state index is 12.0. The van der Waals surface area contributed by atoms with Crippen LogP contribution in [0.1, 0.15) is 37.7 Å². The summed E-state index contributed by atoms with van der Waals surface area (Å²) in [5.41, 5.74) is 0.882. The summed E-state index contributed by atoms with van der Waals surface area (Å²) in [4.78, 5) is 17.7. The van der Waals surface area contributed by atoms with Crippen LogP contribution in [0.15, 0.2) is 31.0 Å². The molecule has 1 aromatic rings. The molecule has 5 nitrogen and oxygen atoms in total. The number of nitrogens with zero attached hydrogens (tertiary/aromatic N) is 2. The number of ether oxygens (including phenoxy) is 1. The maximum atomic E-state index is 12.0. The average molecular weight is 330 g/mol. The monoisotopic (exact) mass is 330 g/mol. The lowest BCUT2D eigenvalue weighted by Crippen LogP contribution is -2.32. The normalized spacial score (nSPS) is 15.4. The molecule has 0 atom stereocenters. The molecule has 1 heterocycles. The number of pyridine rings is 1. The minimum Gasteiger partial charge on any atom is -0.495 e. The van der Waals surface area contributed by atoms with Crippen molar-refractivity contribution in [2.75, 3.05) is 25.2 Å². The van der Waals surface area contributed by atoms with Crippen molar-refractivity contribution in [2.45, 2.75) is 32.1 Å². The lowest BCUT2D eigenvalue weighted by Gasteiger charge is -2.20. The number of allylic oxidation sites excluding steroid dienone is 1. The summed E-state index contributed by atoms with van der Waals surface area (Å²) in [6, 6.07) is 1.81. The molecule has 1 saturated carbocycles. The van der Waals surface area contributed by atoms with Gasteiger partial charge in [0.25, 0.3) is 5.91 Å². The number of aliphatic hydroxyl groups excluding tert-OH is 1. The van der Waals surface area contributed by atoms with Gasteiger partial charge >= 0.3 is 0 Å². The number of methoxy groups -OCH3 is 1. The average Bonchev–Trinajstić information content (AvgIpc) is 2.64. The first-order valence-corrected chi connectivity index (χ1v) is 8.46. The van der Waals surface area contributed by atoms with Crippen LogP contribution in [0.4, 0.5) is 5.82 Å². The van der Waals surface area contributed by atoms with E-state index >= 15 is 0 Å². The van der Waals surface area contributed by atoms with Crippen molar-refractivity contribution in [3.8, 4) is 5.75 Å². The summed E-state index contributed by atoms with van der Waals surface area (Å²) in [5, 5.41) is 9.19. The molecule has 2 rings (SSSR count). The summed E-state index contributed by atoms with van der Waals surface area (Å²) >= 11 is 0. The van der Waals surface area contributed by atoms with Crippen molar-refractivity contribution < 1.29 is 14.6 Å². The van der Waals surface area contributed by atoms with Gasteiger partial charge in [-0.25, -0.2) is 4.98 Å². The minimum absolute atomic E-state index is 0.138. The molecule has 0 saturated heterocycles. The molecule has 0 bridgehead atoms. The molecule has 1 N–H and O–H groups in total. The SMILES string of the molecule is C=CC(=O)N(CCO)c1cc(/C=C/C2CCCCC2)c(OC)cn1. The Morgan fingerprint density at radius 3 is 2.83 bits per heavy atom. The molecule has 1 aliphatic carbocycles. The Hall–Kier alpha value is -2.14. The molecule has 0 radical (unpaired) electrons. The molecule has 0 unspecified atom stereocenters. The summed E-state index contributed by atoms with van der Waals surface area (Å²) in [6.45, 7) is 3.54. The van der Waals surface area contributed by atoms with Crippen LogP contribution in [0.2, 0.25) is 0 Å². The van der Waals surface area contributed by atoms with Gasteiger partial charge in [0.1, 0.15) is 11.6 Å².